The molecule has 0 saturated heterocycles. The van der Waals surface area contributed by atoms with Crippen molar-refractivity contribution in [3.8, 4) is 0 Å². The van der Waals surface area contributed by atoms with Gasteiger partial charge >= 0.3 is 0 Å². The smallest absolute Gasteiger partial charge is 0.0314 e. The Bertz CT molecular complexity index is 331. The molecule has 1 nitrogen and oxygen atoms in total. The highest BCUT2D eigenvalue weighted by Gasteiger charge is 2.18. The van der Waals surface area contributed by atoms with Gasteiger partial charge in [-0.2, -0.15) is 0 Å². The number of halogens is 1. The highest BCUT2D eigenvalue weighted by molar-refractivity contribution is 9.10. The van der Waals surface area contributed by atoms with Crippen molar-refractivity contribution in [1.82, 2.24) is 5.32 Å². The first kappa shape index (κ1) is 15.2. The van der Waals surface area contributed by atoms with E-state index in [0.29, 0.717) is 11.5 Å². The van der Waals surface area contributed by atoms with E-state index in [1.807, 2.05) is 11.3 Å². The monoisotopic (exact) mass is 317 g/mol. The average Bonchev–Trinajstić information content (AvgIpc) is 2.60. The standard InChI is InChI=1S/C14H24BrNS/c1-11(2)16-9-8-14(3,4)7-5-13-12(15)6-10-17-13/h6,10-11,16H,5,7-9H2,1-4H3. The highest BCUT2D eigenvalue weighted by Crippen LogP contribution is 2.31. The molecular formula is C14H24BrNS. The number of hydrogen-bond donors (Lipinski definition) is 1. The lowest BCUT2D eigenvalue weighted by atomic mass is 9.84. The van der Waals surface area contributed by atoms with Crippen LogP contribution in [0.25, 0.3) is 0 Å². The lowest BCUT2D eigenvalue weighted by Gasteiger charge is -2.25. The first-order valence-electron chi connectivity index (χ1n) is 6.36. The minimum atomic E-state index is 0.422. The summed E-state index contributed by atoms with van der Waals surface area (Å²) < 4.78 is 1.28. The normalized spacial score (nSPS) is 12.4. The van der Waals surface area contributed by atoms with Crippen LogP contribution in [0.4, 0.5) is 0 Å². The number of hydrogen-bond acceptors (Lipinski definition) is 2. The van der Waals surface area contributed by atoms with Crippen LogP contribution >= 0.6 is 27.3 Å². The van der Waals surface area contributed by atoms with Crippen LogP contribution in [0.2, 0.25) is 0 Å². The zero-order valence-electron chi connectivity index (χ0n) is 11.3. The summed E-state index contributed by atoms with van der Waals surface area (Å²) in [6.45, 7) is 10.3. The van der Waals surface area contributed by atoms with E-state index in [1.165, 1.54) is 28.6 Å². The van der Waals surface area contributed by atoms with Crippen LogP contribution in [0.15, 0.2) is 15.9 Å². The average molecular weight is 318 g/mol. The second-order valence-corrected chi connectivity index (χ2v) is 7.57. The molecule has 0 radical (unpaired) electrons. The third-order valence-electron chi connectivity index (χ3n) is 3.07. The Hall–Kier alpha value is 0.140. The summed E-state index contributed by atoms with van der Waals surface area (Å²) in [6, 6.07) is 2.74. The largest absolute Gasteiger partial charge is 0.315 e. The summed E-state index contributed by atoms with van der Waals surface area (Å²) in [5.41, 5.74) is 0.422. The zero-order valence-corrected chi connectivity index (χ0v) is 13.7. The fourth-order valence-electron chi connectivity index (χ4n) is 1.78. The molecule has 98 valence electrons. The van der Waals surface area contributed by atoms with Crippen LogP contribution in [0.1, 0.15) is 45.4 Å². The molecule has 0 aliphatic heterocycles. The van der Waals surface area contributed by atoms with Crippen molar-refractivity contribution in [2.45, 2.75) is 53.0 Å². The molecule has 17 heavy (non-hydrogen) atoms. The SMILES string of the molecule is CC(C)NCCC(C)(C)CCc1sccc1Br. The van der Waals surface area contributed by atoms with Gasteiger partial charge in [0.25, 0.3) is 0 Å². The molecule has 0 bridgehead atoms. The summed E-state index contributed by atoms with van der Waals surface area (Å²) in [7, 11) is 0. The molecule has 0 aliphatic carbocycles. The Morgan fingerprint density at radius 2 is 2.06 bits per heavy atom. The Labute approximate surface area is 118 Å². The summed E-state index contributed by atoms with van der Waals surface area (Å²) in [5, 5.41) is 5.66. The van der Waals surface area contributed by atoms with Crippen LogP contribution in [-0.4, -0.2) is 12.6 Å². The summed E-state index contributed by atoms with van der Waals surface area (Å²) in [6.07, 6.45) is 3.69. The molecule has 0 amide bonds. The van der Waals surface area contributed by atoms with Gasteiger partial charge in [-0.05, 0) is 58.6 Å². The summed E-state index contributed by atoms with van der Waals surface area (Å²) >= 11 is 5.46. The van der Waals surface area contributed by atoms with E-state index in [2.05, 4.69) is 60.4 Å². The minimum Gasteiger partial charge on any atom is -0.315 e. The van der Waals surface area contributed by atoms with Crippen LogP contribution in [-0.2, 0) is 6.42 Å². The van der Waals surface area contributed by atoms with Gasteiger partial charge < -0.3 is 5.32 Å². The fraction of sp³-hybridized carbons (Fsp3) is 0.714. The molecule has 0 fully saturated rings. The molecule has 0 unspecified atom stereocenters. The fourth-order valence-corrected chi connectivity index (χ4v) is 3.33. The van der Waals surface area contributed by atoms with E-state index < -0.39 is 0 Å². The molecule has 3 heteroatoms. The number of nitrogens with one attached hydrogen (secondary N) is 1. The van der Waals surface area contributed by atoms with E-state index in [-0.39, 0.29) is 0 Å². The number of aryl methyl sites for hydroxylation is 1. The molecule has 1 rings (SSSR count). The van der Waals surface area contributed by atoms with E-state index in [1.54, 1.807) is 0 Å². The first-order chi connectivity index (χ1) is 7.91. The molecular weight excluding hydrogens is 294 g/mol. The van der Waals surface area contributed by atoms with E-state index in [4.69, 9.17) is 0 Å². The van der Waals surface area contributed by atoms with Crippen LogP contribution in [0.5, 0.6) is 0 Å². The van der Waals surface area contributed by atoms with Crippen molar-refractivity contribution >= 4 is 27.3 Å². The van der Waals surface area contributed by atoms with Crippen molar-refractivity contribution in [3.05, 3.63) is 20.8 Å². The molecule has 0 spiro atoms. The molecule has 0 aliphatic rings. The molecule has 1 heterocycles. The zero-order chi connectivity index (χ0) is 12.9. The molecule has 1 N–H and O–H groups in total. The van der Waals surface area contributed by atoms with E-state index in [0.717, 1.165) is 6.54 Å². The van der Waals surface area contributed by atoms with E-state index >= 15 is 0 Å². The van der Waals surface area contributed by atoms with Gasteiger partial charge in [0.1, 0.15) is 0 Å². The minimum absolute atomic E-state index is 0.422. The predicted octanol–water partition coefficient (Wildman–Crippen LogP) is 4.86. The topological polar surface area (TPSA) is 12.0 Å². The Balaban J connectivity index is 2.31. The van der Waals surface area contributed by atoms with Gasteiger partial charge in [0.2, 0.25) is 0 Å². The summed E-state index contributed by atoms with van der Waals surface area (Å²) in [5.74, 6) is 0. The lowest BCUT2D eigenvalue weighted by Crippen LogP contribution is -2.28. The van der Waals surface area contributed by atoms with Gasteiger partial charge in [0.05, 0.1) is 0 Å². The van der Waals surface area contributed by atoms with Crippen LogP contribution in [0.3, 0.4) is 0 Å². The predicted molar refractivity (Wildman–Crippen MR) is 81.9 cm³/mol. The first-order valence-corrected chi connectivity index (χ1v) is 8.03. The second-order valence-electron chi connectivity index (χ2n) is 5.71. The quantitative estimate of drug-likeness (QED) is 0.757. The molecule has 0 aromatic carbocycles. The van der Waals surface area contributed by atoms with Gasteiger partial charge in [-0.3, -0.25) is 0 Å². The van der Waals surface area contributed by atoms with Crippen molar-refractivity contribution in [1.29, 1.82) is 0 Å². The van der Waals surface area contributed by atoms with Crippen LogP contribution < -0.4 is 5.32 Å². The van der Waals surface area contributed by atoms with Gasteiger partial charge in [-0.15, -0.1) is 11.3 Å². The second kappa shape index (κ2) is 6.91. The Kier molecular flexibility index (Phi) is 6.18. The van der Waals surface area contributed by atoms with Crippen molar-refractivity contribution < 1.29 is 0 Å². The maximum absolute atomic E-state index is 3.60. The van der Waals surface area contributed by atoms with Crippen molar-refractivity contribution in [2.75, 3.05) is 6.54 Å². The maximum atomic E-state index is 3.60. The molecule has 1 aromatic rings. The van der Waals surface area contributed by atoms with Crippen LogP contribution in [0, 0.1) is 5.41 Å². The van der Waals surface area contributed by atoms with Gasteiger partial charge in [-0.25, -0.2) is 0 Å². The molecule has 1 aromatic heterocycles. The van der Waals surface area contributed by atoms with Gasteiger partial charge in [0, 0.05) is 15.4 Å². The Morgan fingerprint density at radius 1 is 1.35 bits per heavy atom. The lowest BCUT2D eigenvalue weighted by molar-refractivity contribution is 0.299. The van der Waals surface area contributed by atoms with Crippen molar-refractivity contribution in [2.24, 2.45) is 5.41 Å². The molecule has 0 atom stereocenters. The summed E-state index contributed by atoms with van der Waals surface area (Å²) in [4.78, 5) is 1.48. The number of rotatable bonds is 7. The van der Waals surface area contributed by atoms with Gasteiger partial charge in [0.15, 0.2) is 0 Å². The van der Waals surface area contributed by atoms with Crippen molar-refractivity contribution in [3.63, 3.8) is 0 Å². The highest BCUT2D eigenvalue weighted by atomic mass is 79.9. The van der Waals surface area contributed by atoms with E-state index in [9.17, 15) is 0 Å². The maximum Gasteiger partial charge on any atom is 0.0314 e. The Morgan fingerprint density at radius 3 is 2.59 bits per heavy atom. The third-order valence-corrected chi connectivity index (χ3v) is 5.06. The molecule has 0 saturated carbocycles. The third kappa shape index (κ3) is 6.03. The van der Waals surface area contributed by atoms with Gasteiger partial charge in [-0.1, -0.05) is 27.7 Å². The number of thiophene rings is 1.